The van der Waals surface area contributed by atoms with E-state index < -0.39 is 17.8 Å². The minimum absolute atomic E-state index is 0.122. The molecule has 4 rings (SSSR count). The highest BCUT2D eigenvalue weighted by Crippen LogP contribution is 2.33. The number of hydrogen-bond acceptors (Lipinski definition) is 4. The van der Waals surface area contributed by atoms with Crippen LogP contribution in [-0.2, 0) is 19.8 Å². The fourth-order valence-electron chi connectivity index (χ4n) is 3.36. The molecule has 0 saturated carbocycles. The molecule has 7 nitrogen and oxygen atoms in total. The molecule has 3 aromatic heterocycles. The Hall–Kier alpha value is -3.95. The number of nitrogens with zero attached hydrogens (tertiary/aromatic N) is 4. The van der Waals surface area contributed by atoms with Crippen molar-refractivity contribution in [3.63, 3.8) is 0 Å². The van der Waals surface area contributed by atoms with Crippen molar-refractivity contribution in [2.24, 2.45) is 7.05 Å². The van der Waals surface area contributed by atoms with Gasteiger partial charge in [-0.25, -0.2) is 0 Å². The summed E-state index contributed by atoms with van der Waals surface area (Å²) in [6, 6.07) is 10.1. The maximum atomic E-state index is 12.7. The van der Waals surface area contributed by atoms with Gasteiger partial charge in [-0.1, -0.05) is 18.2 Å². The highest BCUT2D eigenvalue weighted by atomic mass is 19.4. The first-order chi connectivity index (χ1) is 15.2. The van der Waals surface area contributed by atoms with E-state index in [0.29, 0.717) is 6.07 Å². The molecule has 4 aromatic rings. The van der Waals surface area contributed by atoms with Crippen molar-refractivity contribution in [3.8, 4) is 22.4 Å². The Morgan fingerprint density at radius 1 is 1.19 bits per heavy atom. The number of H-pyrrole nitrogens is 1. The Morgan fingerprint density at radius 3 is 2.72 bits per heavy atom. The lowest BCUT2D eigenvalue weighted by Crippen LogP contribution is -2.23. The Kier molecular flexibility index (Phi) is 5.52. The van der Waals surface area contributed by atoms with E-state index in [1.54, 1.807) is 17.1 Å². The standard InChI is InChI=1S/C22H19F3N6O/c1-13-10-26-7-6-16(13)17-12-31(2)30-20(17)15-5-3-4-14(8-15)11-27-21(32)18-9-19(29-28-18)22(23,24)25/h3-10,12H,11H2,1-2H3,(H,27,32)(H,28,29). The SMILES string of the molecule is Cc1cnccc1-c1cn(C)nc1-c1cccc(CNC(=O)c2cc(C(F)(F)F)[nH]n2)c1. The largest absolute Gasteiger partial charge is 0.432 e. The van der Waals surface area contributed by atoms with Gasteiger partial charge in [-0.05, 0) is 35.7 Å². The summed E-state index contributed by atoms with van der Waals surface area (Å²) in [5.74, 6) is -0.701. The lowest BCUT2D eigenvalue weighted by molar-refractivity contribution is -0.141. The molecule has 0 spiro atoms. The van der Waals surface area contributed by atoms with Gasteiger partial charge in [-0.2, -0.15) is 23.4 Å². The van der Waals surface area contributed by atoms with Crippen molar-refractivity contribution in [1.82, 2.24) is 30.3 Å². The maximum absolute atomic E-state index is 12.7. The lowest BCUT2D eigenvalue weighted by Gasteiger charge is -2.08. The molecule has 1 amide bonds. The van der Waals surface area contributed by atoms with E-state index in [-0.39, 0.29) is 12.2 Å². The molecule has 0 aliphatic carbocycles. The van der Waals surface area contributed by atoms with Crippen LogP contribution in [0, 0.1) is 6.92 Å². The molecular weight excluding hydrogens is 421 g/mol. The summed E-state index contributed by atoms with van der Waals surface area (Å²) in [7, 11) is 1.84. The first kappa shape index (κ1) is 21.3. The second-order valence-electron chi connectivity index (χ2n) is 7.30. The number of aromatic amines is 1. The van der Waals surface area contributed by atoms with Crippen LogP contribution in [0.25, 0.3) is 22.4 Å². The molecule has 1 aromatic carbocycles. The zero-order valence-corrected chi connectivity index (χ0v) is 17.2. The van der Waals surface area contributed by atoms with Crippen molar-refractivity contribution >= 4 is 5.91 Å². The third-order valence-corrected chi connectivity index (χ3v) is 4.91. The molecule has 0 aliphatic heterocycles. The van der Waals surface area contributed by atoms with Gasteiger partial charge in [0.1, 0.15) is 11.4 Å². The van der Waals surface area contributed by atoms with E-state index in [4.69, 9.17) is 0 Å². The van der Waals surface area contributed by atoms with Crippen LogP contribution in [0.15, 0.2) is 55.0 Å². The molecule has 0 aliphatic rings. The average Bonchev–Trinajstić information content (AvgIpc) is 3.40. The minimum Gasteiger partial charge on any atom is -0.347 e. The van der Waals surface area contributed by atoms with Crippen molar-refractivity contribution in [2.45, 2.75) is 19.6 Å². The van der Waals surface area contributed by atoms with Crippen LogP contribution in [0.5, 0.6) is 0 Å². The fourth-order valence-corrected chi connectivity index (χ4v) is 3.36. The molecule has 32 heavy (non-hydrogen) atoms. The zero-order chi connectivity index (χ0) is 22.9. The molecule has 0 bridgehead atoms. The monoisotopic (exact) mass is 440 g/mol. The Bertz CT molecular complexity index is 1270. The third kappa shape index (κ3) is 4.39. The van der Waals surface area contributed by atoms with Crippen LogP contribution in [0.4, 0.5) is 13.2 Å². The average molecular weight is 440 g/mol. The smallest absolute Gasteiger partial charge is 0.347 e. The normalized spacial score (nSPS) is 11.5. The van der Waals surface area contributed by atoms with Crippen LogP contribution >= 0.6 is 0 Å². The van der Waals surface area contributed by atoms with Crippen LogP contribution in [-0.4, -0.2) is 30.9 Å². The molecule has 164 valence electrons. The second-order valence-corrected chi connectivity index (χ2v) is 7.30. The summed E-state index contributed by atoms with van der Waals surface area (Å²) >= 11 is 0. The number of aromatic nitrogens is 5. The molecule has 0 saturated heterocycles. The number of carbonyl (C=O) groups excluding carboxylic acids is 1. The van der Waals surface area contributed by atoms with Crippen LogP contribution in [0.2, 0.25) is 0 Å². The number of halogens is 3. The number of hydrogen-bond donors (Lipinski definition) is 2. The minimum atomic E-state index is -4.59. The van der Waals surface area contributed by atoms with E-state index in [1.807, 2.05) is 55.6 Å². The number of amides is 1. The molecule has 0 atom stereocenters. The van der Waals surface area contributed by atoms with E-state index in [9.17, 15) is 18.0 Å². The van der Waals surface area contributed by atoms with E-state index >= 15 is 0 Å². The maximum Gasteiger partial charge on any atom is 0.432 e. The third-order valence-electron chi connectivity index (χ3n) is 4.91. The van der Waals surface area contributed by atoms with Gasteiger partial charge in [0.05, 0.1) is 0 Å². The summed E-state index contributed by atoms with van der Waals surface area (Å²) in [4.78, 5) is 16.3. The molecule has 0 radical (unpaired) electrons. The predicted octanol–water partition coefficient (Wildman–Crippen LogP) is 4.13. The number of aryl methyl sites for hydroxylation is 2. The first-order valence-electron chi connectivity index (χ1n) is 9.67. The van der Waals surface area contributed by atoms with Crippen molar-refractivity contribution in [1.29, 1.82) is 0 Å². The summed E-state index contributed by atoms with van der Waals surface area (Å²) in [6.07, 6.45) is 0.858. The predicted molar refractivity (Wildman–Crippen MR) is 111 cm³/mol. The number of carbonyl (C=O) groups is 1. The van der Waals surface area contributed by atoms with E-state index in [2.05, 4.69) is 20.5 Å². The topological polar surface area (TPSA) is 88.5 Å². The van der Waals surface area contributed by atoms with E-state index in [0.717, 1.165) is 33.5 Å². The van der Waals surface area contributed by atoms with Gasteiger partial charge in [-0.15, -0.1) is 0 Å². The quantitative estimate of drug-likeness (QED) is 0.489. The Labute approximate surface area is 181 Å². The molecular formula is C22H19F3N6O. The fraction of sp³-hybridized carbons (Fsp3) is 0.182. The molecule has 2 N–H and O–H groups in total. The number of nitrogens with one attached hydrogen (secondary N) is 2. The van der Waals surface area contributed by atoms with Crippen molar-refractivity contribution in [3.05, 3.63) is 77.5 Å². The summed E-state index contributed by atoms with van der Waals surface area (Å²) < 4.78 is 39.8. The Balaban J connectivity index is 1.55. The first-order valence-corrected chi connectivity index (χ1v) is 9.67. The zero-order valence-electron chi connectivity index (χ0n) is 17.2. The van der Waals surface area contributed by atoms with Crippen molar-refractivity contribution < 1.29 is 18.0 Å². The lowest BCUT2D eigenvalue weighted by atomic mass is 9.98. The molecule has 10 heteroatoms. The van der Waals surface area contributed by atoms with Crippen LogP contribution in [0.3, 0.4) is 0 Å². The van der Waals surface area contributed by atoms with Gasteiger partial charge in [0.25, 0.3) is 5.91 Å². The highest BCUT2D eigenvalue weighted by Gasteiger charge is 2.33. The van der Waals surface area contributed by atoms with Gasteiger partial charge in [0.15, 0.2) is 5.69 Å². The highest BCUT2D eigenvalue weighted by molar-refractivity contribution is 5.92. The van der Waals surface area contributed by atoms with E-state index in [1.165, 1.54) is 0 Å². The van der Waals surface area contributed by atoms with Gasteiger partial charge in [0.2, 0.25) is 0 Å². The number of benzene rings is 1. The Morgan fingerprint density at radius 2 is 2.00 bits per heavy atom. The number of rotatable bonds is 5. The second kappa shape index (κ2) is 8.29. The molecule has 3 heterocycles. The summed E-state index contributed by atoms with van der Waals surface area (Å²) in [5.41, 5.74) is 3.98. The van der Waals surface area contributed by atoms with Crippen LogP contribution in [0.1, 0.15) is 27.3 Å². The molecule has 0 unspecified atom stereocenters. The number of pyridine rings is 1. The van der Waals surface area contributed by atoms with Gasteiger partial charge >= 0.3 is 6.18 Å². The molecule has 0 fully saturated rings. The summed E-state index contributed by atoms with van der Waals surface area (Å²) in [6.45, 7) is 2.10. The number of alkyl halides is 3. The van der Waals surface area contributed by atoms with Gasteiger partial charge in [0, 0.05) is 49.4 Å². The van der Waals surface area contributed by atoms with Gasteiger partial charge in [-0.3, -0.25) is 19.6 Å². The van der Waals surface area contributed by atoms with Crippen LogP contribution < -0.4 is 5.32 Å². The van der Waals surface area contributed by atoms with Crippen molar-refractivity contribution in [2.75, 3.05) is 0 Å². The summed E-state index contributed by atoms with van der Waals surface area (Å²) in [5, 5.41) is 12.5. The van der Waals surface area contributed by atoms with Gasteiger partial charge < -0.3 is 5.32 Å².